The summed E-state index contributed by atoms with van der Waals surface area (Å²) in [6, 6.07) is 3.47. The number of anilines is 2. The van der Waals surface area contributed by atoms with Gasteiger partial charge in [0.2, 0.25) is 5.95 Å². The SMILES string of the molecule is Nc1ncc(F)c(-c2ccnc(NCC3CCOCC3)c2)n1. The number of nitrogen functional groups attached to an aromatic ring is 1. The minimum absolute atomic E-state index is 0.0462. The van der Waals surface area contributed by atoms with Crippen molar-refractivity contribution in [2.75, 3.05) is 30.8 Å². The van der Waals surface area contributed by atoms with Crippen molar-refractivity contribution in [3.63, 3.8) is 0 Å². The second kappa shape index (κ2) is 6.65. The number of ether oxygens (including phenoxy) is 1. The number of halogens is 1. The van der Waals surface area contributed by atoms with Crippen molar-refractivity contribution in [3.05, 3.63) is 30.3 Å². The Morgan fingerprint density at radius 1 is 1.32 bits per heavy atom. The molecule has 2 aromatic rings. The fourth-order valence-corrected chi connectivity index (χ4v) is 2.46. The Labute approximate surface area is 128 Å². The largest absolute Gasteiger partial charge is 0.381 e. The number of hydrogen-bond donors (Lipinski definition) is 2. The minimum Gasteiger partial charge on any atom is -0.381 e. The Kier molecular flexibility index (Phi) is 4.43. The lowest BCUT2D eigenvalue weighted by Gasteiger charge is -2.22. The van der Waals surface area contributed by atoms with Gasteiger partial charge in [-0.05, 0) is 30.9 Å². The summed E-state index contributed by atoms with van der Waals surface area (Å²) in [6.45, 7) is 2.45. The van der Waals surface area contributed by atoms with E-state index < -0.39 is 5.82 Å². The maximum Gasteiger partial charge on any atom is 0.220 e. The van der Waals surface area contributed by atoms with Crippen LogP contribution < -0.4 is 11.1 Å². The lowest BCUT2D eigenvalue weighted by Crippen LogP contribution is -2.22. The molecule has 116 valence electrons. The molecule has 3 N–H and O–H groups in total. The molecule has 1 fully saturated rings. The van der Waals surface area contributed by atoms with E-state index in [1.165, 1.54) is 0 Å². The molecule has 0 spiro atoms. The predicted molar refractivity (Wildman–Crippen MR) is 81.7 cm³/mol. The zero-order chi connectivity index (χ0) is 15.4. The minimum atomic E-state index is -0.504. The van der Waals surface area contributed by atoms with Gasteiger partial charge in [0.15, 0.2) is 5.82 Å². The molecule has 6 nitrogen and oxygen atoms in total. The van der Waals surface area contributed by atoms with Crippen molar-refractivity contribution in [1.29, 1.82) is 0 Å². The van der Waals surface area contributed by atoms with Crippen molar-refractivity contribution in [3.8, 4) is 11.3 Å². The van der Waals surface area contributed by atoms with Crippen LogP contribution in [0, 0.1) is 11.7 Å². The maximum atomic E-state index is 13.8. The number of rotatable bonds is 4. The van der Waals surface area contributed by atoms with Crippen LogP contribution in [0.15, 0.2) is 24.5 Å². The van der Waals surface area contributed by atoms with Crippen molar-refractivity contribution in [2.45, 2.75) is 12.8 Å². The van der Waals surface area contributed by atoms with Gasteiger partial charge in [0, 0.05) is 31.5 Å². The van der Waals surface area contributed by atoms with Crippen LogP contribution in [0.1, 0.15) is 12.8 Å². The van der Waals surface area contributed by atoms with E-state index in [9.17, 15) is 4.39 Å². The number of nitrogens with two attached hydrogens (primary N) is 1. The second-order valence-corrected chi connectivity index (χ2v) is 5.29. The summed E-state index contributed by atoms with van der Waals surface area (Å²) in [4.78, 5) is 11.8. The van der Waals surface area contributed by atoms with Gasteiger partial charge in [0.1, 0.15) is 11.5 Å². The highest BCUT2D eigenvalue weighted by atomic mass is 19.1. The van der Waals surface area contributed by atoms with Gasteiger partial charge in [-0.25, -0.2) is 19.3 Å². The van der Waals surface area contributed by atoms with E-state index in [1.54, 1.807) is 18.3 Å². The number of nitrogens with zero attached hydrogens (tertiary/aromatic N) is 3. The summed E-state index contributed by atoms with van der Waals surface area (Å²) in [5.41, 5.74) is 6.33. The fourth-order valence-electron chi connectivity index (χ4n) is 2.46. The molecule has 0 unspecified atom stereocenters. The van der Waals surface area contributed by atoms with E-state index >= 15 is 0 Å². The third-order valence-corrected chi connectivity index (χ3v) is 3.71. The average molecular weight is 303 g/mol. The van der Waals surface area contributed by atoms with Gasteiger partial charge in [-0.2, -0.15) is 0 Å². The molecule has 0 amide bonds. The Morgan fingerprint density at radius 3 is 2.95 bits per heavy atom. The van der Waals surface area contributed by atoms with Crippen LogP contribution in [0.4, 0.5) is 16.2 Å². The van der Waals surface area contributed by atoms with Crippen LogP contribution in [0.3, 0.4) is 0 Å². The first-order valence-corrected chi connectivity index (χ1v) is 7.28. The molecule has 7 heteroatoms. The fraction of sp³-hybridized carbons (Fsp3) is 0.400. The van der Waals surface area contributed by atoms with E-state index in [-0.39, 0.29) is 11.6 Å². The average Bonchev–Trinajstić information content (AvgIpc) is 2.56. The highest BCUT2D eigenvalue weighted by molar-refractivity contribution is 5.63. The molecule has 1 saturated heterocycles. The molecule has 1 aliphatic heterocycles. The van der Waals surface area contributed by atoms with Gasteiger partial charge in [0.05, 0.1) is 6.20 Å². The summed E-state index contributed by atoms with van der Waals surface area (Å²) in [5.74, 6) is 0.812. The van der Waals surface area contributed by atoms with Gasteiger partial charge in [-0.3, -0.25) is 0 Å². The standard InChI is InChI=1S/C15H18FN5O/c16-12-9-20-15(17)21-14(12)11-1-4-18-13(7-11)19-8-10-2-5-22-6-3-10/h1,4,7,9-10H,2-3,5-6,8H2,(H,18,19)(H2,17,20,21). The normalized spacial score (nSPS) is 15.7. The molecule has 0 saturated carbocycles. The first kappa shape index (κ1) is 14.6. The second-order valence-electron chi connectivity index (χ2n) is 5.29. The molecule has 3 rings (SSSR count). The number of nitrogens with one attached hydrogen (secondary N) is 1. The molecule has 0 bridgehead atoms. The molecule has 2 aromatic heterocycles. The number of pyridine rings is 1. The molecular formula is C15H18FN5O. The first-order chi connectivity index (χ1) is 10.7. The lowest BCUT2D eigenvalue weighted by atomic mass is 10.0. The first-order valence-electron chi connectivity index (χ1n) is 7.28. The van der Waals surface area contributed by atoms with Crippen LogP contribution in [0.25, 0.3) is 11.3 Å². The predicted octanol–water partition coefficient (Wildman–Crippen LogP) is 2.10. The zero-order valence-corrected chi connectivity index (χ0v) is 12.1. The number of hydrogen-bond acceptors (Lipinski definition) is 6. The van der Waals surface area contributed by atoms with Gasteiger partial charge < -0.3 is 15.8 Å². The Morgan fingerprint density at radius 2 is 2.14 bits per heavy atom. The van der Waals surface area contributed by atoms with E-state index in [1.807, 2.05) is 0 Å². The number of aromatic nitrogens is 3. The molecule has 0 aliphatic carbocycles. The summed E-state index contributed by atoms with van der Waals surface area (Å²) in [6.07, 6.45) is 4.79. The van der Waals surface area contributed by atoms with E-state index in [0.717, 1.165) is 38.8 Å². The summed E-state index contributed by atoms with van der Waals surface area (Å²) >= 11 is 0. The van der Waals surface area contributed by atoms with E-state index in [4.69, 9.17) is 10.5 Å². The Hall–Kier alpha value is -2.28. The summed E-state index contributed by atoms with van der Waals surface area (Å²) in [5, 5.41) is 3.29. The molecule has 0 radical (unpaired) electrons. The van der Waals surface area contributed by atoms with Gasteiger partial charge >= 0.3 is 0 Å². The molecule has 22 heavy (non-hydrogen) atoms. The summed E-state index contributed by atoms with van der Waals surface area (Å²) < 4.78 is 19.2. The van der Waals surface area contributed by atoms with Crippen LogP contribution >= 0.6 is 0 Å². The third-order valence-electron chi connectivity index (χ3n) is 3.71. The maximum absolute atomic E-state index is 13.8. The molecule has 0 atom stereocenters. The quantitative estimate of drug-likeness (QED) is 0.899. The highest BCUT2D eigenvalue weighted by Crippen LogP contribution is 2.23. The van der Waals surface area contributed by atoms with Crippen molar-refractivity contribution in [2.24, 2.45) is 5.92 Å². The van der Waals surface area contributed by atoms with E-state index in [2.05, 4.69) is 20.3 Å². The van der Waals surface area contributed by atoms with Crippen molar-refractivity contribution < 1.29 is 9.13 Å². The topological polar surface area (TPSA) is 86.0 Å². The Bertz CT molecular complexity index is 646. The third kappa shape index (κ3) is 3.48. The van der Waals surface area contributed by atoms with Gasteiger partial charge in [0.25, 0.3) is 0 Å². The molecule has 1 aliphatic rings. The zero-order valence-electron chi connectivity index (χ0n) is 12.1. The smallest absolute Gasteiger partial charge is 0.220 e. The van der Waals surface area contributed by atoms with Crippen LogP contribution in [0.2, 0.25) is 0 Å². The molecule has 0 aromatic carbocycles. The lowest BCUT2D eigenvalue weighted by molar-refractivity contribution is 0.0699. The Balaban J connectivity index is 1.73. The summed E-state index contributed by atoms with van der Waals surface area (Å²) in [7, 11) is 0. The van der Waals surface area contributed by atoms with Crippen LogP contribution in [-0.2, 0) is 4.74 Å². The monoisotopic (exact) mass is 303 g/mol. The van der Waals surface area contributed by atoms with Gasteiger partial charge in [-0.15, -0.1) is 0 Å². The molecule has 3 heterocycles. The molecular weight excluding hydrogens is 285 g/mol. The van der Waals surface area contributed by atoms with Crippen LogP contribution in [-0.4, -0.2) is 34.7 Å². The van der Waals surface area contributed by atoms with Crippen molar-refractivity contribution in [1.82, 2.24) is 15.0 Å². The van der Waals surface area contributed by atoms with E-state index in [0.29, 0.717) is 17.3 Å². The van der Waals surface area contributed by atoms with Crippen molar-refractivity contribution >= 4 is 11.8 Å². The van der Waals surface area contributed by atoms with Crippen LogP contribution in [0.5, 0.6) is 0 Å². The highest BCUT2D eigenvalue weighted by Gasteiger charge is 2.14. The van der Waals surface area contributed by atoms with Gasteiger partial charge in [-0.1, -0.05) is 0 Å².